The molecule has 0 aromatic rings. The Morgan fingerprint density at radius 3 is 2.50 bits per heavy atom. The Bertz CT molecular complexity index is 419. The second-order valence-corrected chi connectivity index (χ2v) is 3.95. The highest BCUT2D eigenvalue weighted by molar-refractivity contribution is 5.39. The standard InChI is InChI=1S/C9H12F3N3O3/c10-9(11,12)5-3-6(13)8(14,1-2-16)7(4-5)15(17)18/h3-4,6,16H,1-2,13-14H2. The highest BCUT2D eigenvalue weighted by atomic mass is 19.4. The van der Waals surface area contributed by atoms with Gasteiger partial charge in [-0.3, -0.25) is 10.1 Å². The molecule has 1 aliphatic rings. The average Bonchev–Trinajstić information content (AvgIpc) is 2.20. The number of allylic oxidation sites excluding steroid dienone is 2. The summed E-state index contributed by atoms with van der Waals surface area (Å²) in [6.45, 7) is -0.523. The Labute approximate surface area is 99.9 Å². The molecule has 0 aliphatic heterocycles. The van der Waals surface area contributed by atoms with Gasteiger partial charge in [0, 0.05) is 19.1 Å². The molecule has 0 heterocycles. The van der Waals surface area contributed by atoms with E-state index < -0.39 is 40.6 Å². The lowest BCUT2D eigenvalue weighted by Gasteiger charge is -2.33. The normalized spacial score (nSPS) is 28.7. The highest BCUT2D eigenvalue weighted by Crippen LogP contribution is 2.35. The van der Waals surface area contributed by atoms with Crippen molar-refractivity contribution in [2.24, 2.45) is 11.5 Å². The molecule has 0 saturated carbocycles. The van der Waals surface area contributed by atoms with Crippen LogP contribution in [-0.2, 0) is 0 Å². The summed E-state index contributed by atoms with van der Waals surface area (Å²) in [7, 11) is 0. The van der Waals surface area contributed by atoms with Gasteiger partial charge in [0.25, 0.3) is 5.70 Å². The molecule has 2 unspecified atom stereocenters. The molecule has 2 atom stereocenters. The number of hydrogen-bond donors (Lipinski definition) is 3. The van der Waals surface area contributed by atoms with E-state index in [1.54, 1.807) is 0 Å². The molecule has 6 nitrogen and oxygen atoms in total. The van der Waals surface area contributed by atoms with E-state index in [0.717, 1.165) is 0 Å². The molecule has 5 N–H and O–H groups in total. The number of aliphatic hydroxyl groups is 1. The largest absolute Gasteiger partial charge is 0.416 e. The number of rotatable bonds is 3. The van der Waals surface area contributed by atoms with Gasteiger partial charge in [-0.15, -0.1) is 0 Å². The van der Waals surface area contributed by atoms with Gasteiger partial charge in [-0.1, -0.05) is 6.08 Å². The number of aliphatic hydroxyl groups excluding tert-OH is 1. The molecule has 1 aliphatic carbocycles. The van der Waals surface area contributed by atoms with Crippen molar-refractivity contribution in [3.8, 4) is 0 Å². The summed E-state index contributed by atoms with van der Waals surface area (Å²) in [5.74, 6) is 0. The Morgan fingerprint density at radius 1 is 1.56 bits per heavy atom. The van der Waals surface area contributed by atoms with Crippen molar-refractivity contribution >= 4 is 0 Å². The summed E-state index contributed by atoms with van der Waals surface area (Å²) in [6.07, 6.45) is -4.05. The maximum atomic E-state index is 12.5. The molecule has 0 aromatic heterocycles. The number of nitrogens with zero attached hydrogens (tertiary/aromatic N) is 1. The van der Waals surface area contributed by atoms with Crippen LogP contribution in [0.15, 0.2) is 23.4 Å². The number of hydrogen-bond acceptors (Lipinski definition) is 5. The maximum Gasteiger partial charge on any atom is 0.416 e. The second kappa shape index (κ2) is 4.67. The Kier molecular flexibility index (Phi) is 3.79. The van der Waals surface area contributed by atoms with Crippen LogP contribution in [0.4, 0.5) is 13.2 Å². The molecular weight excluding hydrogens is 255 g/mol. The van der Waals surface area contributed by atoms with Crippen LogP contribution in [0.3, 0.4) is 0 Å². The molecule has 0 bridgehead atoms. The topological polar surface area (TPSA) is 115 Å². The molecule has 18 heavy (non-hydrogen) atoms. The summed E-state index contributed by atoms with van der Waals surface area (Å²) >= 11 is 0. The van der Waals surface area contributed by atoms with Gasteiger partial charge in [0.15, 0.2) is 0 Å². The Morgan fingerprint density at radius 2 is 2.11 bits per heavy atom. The van der Waals surface area contributed by atoms with Gasteiger partial charge in [-0.25, -0.2) is 0 Å². The molecule has 0 aromatic carbocycles. The molecular formula is C9H12F3N3O3. The SMILES string of the molecule is NC1C=C(C(F)(F)F)C=C([N+](=O)[O-])C1(N)CCO. The molecule has 0 fully saturated rings. The van der Waals surface area contributed by atoms with Crippen molar-refractivity contribution in [1.82, 2.24) is 0 Å². The summed E-state index contributed by atoms with van der Waals surface area (Å²) in [6, 6.07) is -1.40. The molecule has 102 valence electrons. The minimum atomic E-state index is -4.74. The minimum absolute atomic E-state index is 0.303. The van der Waals surface area contributed by atoms with E-state index in [-0.39, 0.29) is 6.42 Å². The van der Waals surface area contributed by atoms with Crippen LogP contribution in [0.25, 0.3) is 0 Å². The third-order valence-electron chi connectivity index (χ3n) is 2.77. The number of nitrogens with two attached hydrogens (primary N) is 2. The van der Waals surface area contributed by atoms with Crippen molar-refractivity contribution in [2.75, 3.05) is 6.61 Å². The van der Waals surface area contributed by atoms with Crippen LogP contribution in [-0.4, -0.2) is 34.4 Å². The molecule has 0 saturated heterocycles. The Hall–Kier alpha value is -1.45. The molecule has 0 radical (unpaired) electrons. The molecule has 0 amide bonds. The fourth-order valence-electron chi connectivity index (χ4n) is 1.72. The predicted octanol–water partition coefficient (Wildman–Crippen LogP) is 0.0565. The van der Waals surface area contributed by atoms with E-state index in [4.69, 9.17) is 16.6 Å². The predicted molar refractivity (Wildman–Crippen MR) is 55.8 cm³/mol. The van der Waals surface area contributed by atoms with Gasteiger partial charge in [0.2, 0.25) is 0 Å². The van der Waals surface area contributed by atoms with E-state index in [0.29, 0.717) is 12.2 Å². The lowest BCUT2D eigenvalue weighted by atomic mass is 9.80. The smallest absolute Gasteiger partial charge is 0.396 e. The van der Waals surface area contributed by atoms with Crippen LogP contribution < -0.4 is 11.5 Å². The lowest BCUT2D eigenvalue weighted by Crippen LogP contribution is -2.59. The quantitative estimate of drug-likeness (QED) is 0.494. The fraction of sp³-hybridized carbons (Fsp3) is 0.556. The van der Waals surface area contributed by atoms with E-state index >= 15 is 0 Å². The van der Waals surface area contributed by atoms with Gasteiger partial charge in [-0.2, -0.15) is 13.2 Å². The van der Waals surface area contributed by atoms with Crippen molar-refractivity contribution in [3.63, 3.8) is 0 Å². The van der Waals surface area contributed by atoms with Gasteiger partial charge >= 0.3 is 6.18 Å². The highest BCUT2D eigenvalue weighted by Gasteiger charge is 2.49. The average molecular weight is 267 g/mol. The zero-order valence-electron chi connectivity index (χ0n) is 9.15. The molecule has 0 spiro atoms. The van der Waals surface area contributed by atoms with Gasteiger partial charge < -0.3 is 16.6 Å². The summed E-state index contributed by atoms with van der Waals surface area (Å²) < 4.78 is 37.5. The van der Waals surface area contributed by atoms with Crippen LogP contribution in [0.1, 0.15) is 6.42 Å². The monoisotopic (exact) mass is 267 g/mol. The zero-order chi connectivity index (χ0) is 14.1. The first-order chi connectivity index (χ1) is 8.13. The van der Waals surface area contributed by atoms with E-state index in [1.807, 2.05) is 0 Å². The van der Waals surface area contributed by atoms with E-state index in [9.17, 15) is 23.3 Å². The van der Waals surface area contributed by atoms with Crippen molar-refractivity contribution < 1.29 is 23.2 Å². The lowest BCUT2D eigenvalue weighted by molar-refractivity contribution is -0.436. The van der Waals surface area contributed by atoms with Gasteiger partial charge in [0.05, 0.1) is 16.5 Å². The van der Waals surface area contributed by atoms with Crippen molar-refractivity contribution in [3.05, 3.63) is 33.5 Å². The van der Waals surface area contributed by atoms with Crippen molar-refractivity contribution in [2.45, 2.75) is 24.2 Å². The van der Waals surface area contributed by atoms with Crippen LogP contribution in [0, 0.1) is 10.1 Å². The van der Waals surface area contributed by atoms with Crippen molar-refractivity contribution in [1.29, 1.82) is 0 Å². The third kappa shape index (κ3) is 2.52. The van der Waals surface area contributed by atoms with Crippen LogP contribution in [0.2, 0.25) is 0 Å². The molecule has 1 rings (SSSR count). The van der Waals surface area contributed by atoms with Crippen LogP contribution >= 0.6 is 0 Å². The maximum absolute atomic E-state index is 12.5. The number of halogens is 3. The van der Waals surface area contributed by atoms with E-state index in [1.165, 1.54) is 0 Å². The van der Waals surface area contributed by atoms with Gasteiger partial charge in [-0.05, 0) is 0 Å². The second-order valence-electron chi connectivity index (χ2n) is 3.95. The van der Waals surface area contributed by atoms with Gasteiger partial charge in [0.1, 0.15) is 5.54 Å². The van der Waals surface area contributed by atoms with E-state index in [2.05, 4.69) is 0 Å². The summed E-state index contributed by atoms with van der Waals surface area (Å²) in [5, 5.41) is 19.6. The first-order valence-electron chi connectivity index (χ1n) is 4.94. The zero-order valence-corrected chi connectivity index (χ0v) is 9.15. The fourth-order valence-corrected chi connectivity index (χ4v) is 1.72. The summed E-state index contributed by atoms with van der Waals surface area (Å²) in [5.41, 5.74) is 7.25. The third-order valence-corrected chi connectivity index (χ3v) is 2.77. The number of alkyl halides is 3. The van der Waals surface area contributed by atoms with Crippen LogP contribution in [0.5, 0.6) is 0 Å². The number of nitro groups is 1. The minimum Gasteiger partial charge on any atom is -0.396 e. The first kappa shape index (κ1) is 14.6. The first-order valence-corrected chi connectivity index (χ1v) is 4.94. The molecule has 9 heteroatoms. The Balaban J connectivity index is 3.29. The summed E-state index contributed by atoms with van der Waals surface area (Å²) in [4.78, 5) is 9.78.